The molecule has 0 aliphatic heterocycles. The van der Waals surface area contributed by atoms with E-state index >= 15 is 0 Å². The predicted octanol–water partition coefficient (Wildman–Crippen LogP) is 1.06. The van der Waals surface area contributed by atoms with E-state index in [4.69, 9.17) is 16.6 Å². The number of aliphatic hydroxyl groups excluding tert-OH is 1. The van der Waals surface area contributed by atoms with Gasteiger partial charge in [0.25, 0.3) is 0 Å². The smallest absolute Gasteiger partial charge is 0.0606 e. The summed E-state index contributed by atoms with van der Waals surface area (Å²) in [7, 11) is 0. The molecule has 1 aromatic carbocycles. The molecule has 0 spiro atoms. The molecule has 0 radical (unpaired) electrons. The molecule has 0 saturated carbocycles. The van der Waals surface area contributed by atoms with Crippen molar-refractivity contribution in [2.75, 3.05) is 29.5 Å². The molecule has 1 aromatic rings. The molecule has 15 heavy (non-hydrogen) atoms. The van der Waals surface area contributed by atoms with E-state index in [0.29, 0.717) is 24.0 Å². The zero-order chi connectivity index (χ0) is 11.4. The van der Waals surface area contributed by atoms with E-state index in [9.17, 15) is 0 Å². The van der Waals surface area contributed by atoms with E-state index < -0.39 is 0 Å². The Labute approximate surface area is 90.5 Å². The van der Waals surface area contributed by atoms with Crippen LogP contribution in [0.2, 0.25) is 0 Å². The molecule has 0 saturated heterocycles. The van der Waals surface area contributed by atoms with Gasteiger partial charge in [-0.3, -0.25) is 0 Å². The Kier molecular flexibility index (Phi) is 3.80. The summed E-state index contributed by atoms with van der Waals surface area (Å²) in [5, 5.41) is 8.97. The molecule has 1 rings (SSSR count). The van der Waals surface area contributed by atoms with Crippen LogP contribution in [-0.2, 0) is 0 Å². The van der Waals surface area contributed by atoms with Gasteiger partial charge in [-0.15, -0.1) is 0 Å². The van der Waals surface area contributed by atoms with Gasteiger partial charge in [0.2, 0.25) is 0 Å². The van der Waals surface area contributed by atoms with E-state index in [0.717, 1.165) is 5.69 Å². The normalized spacial score (nSPS) is 10.7. The van der Waals surface area contributed by atoms with Crippen LogP contribution in [0, 0.1) is 0 Å². The third-order valence-corrected chi connectivity index (χ3v) is 2.37. The first-order valence-corrected chi connectivity index (χ1v) is 5.08. The fourth-order valence-electron chi connectivity index (χ4n) is 1.53. The second kappa shape index (κ2) is 4.89. The summed E-state index contributed by atoms with van der Waals surface area (Å²) in [6.07, 6.45) is 0. The minimum Gasteiger partial charge on any atom is -0.397 e. The highest BCUT2D eigenvalue weighted by atomic mass is 16.3. The van der Waals surface area contributed by atoms with Gasteiger partial charge in [0, 0.05) is 18.3 Å². The fourth-order valence-corrected chi connectivity index (χ4v) is 1.53. The quantitative estimate of drug-likeness (QED) is 0.648. The summed E-state index contributed by atoms with van der Waals surface area (Å²) in [5.41, 5.74) is 13.5. The van der Waals surface area contributed by atoms with Crippen molar-refractivity contribution in [2.24, 2.45) is 0 Å². The summed E-state index contributed by atoms with van der Waals surface area (Å²) < 4.78 is 0. The first-order chi connectivity index (χ1) is 7.06. The van der Waals surface area contributed by atoms with Crippen LogP contribution in [0.3, 0.4) is 0 Å². The van der Waals surface area contributed by atoms with Crippen molar-refractivity contribution in [3.63, 3.8) is 0 Å². The van der Waals surface area contributed by atoms with Gasteiger partial charge in [-0.05, 0) is 32.0 Å². The third kappa shape index (κ3) is 2.76. The first kappa shape index (κ1) is 11.7. The maximum absolute atomic E-state index is 8.97. The summed E-state index contributed by atoms with van der Waals surface area (Å²) in [4.78, 5) is 2.08. The van der Waals surface area contributed by atoms with E-state index in [1.54, 1.807) is 6.07 Å². The molecule has 0 aliphatic rings. The average molecular weight is 209 g/mol. The van der Waals surface area contributed by atoms with Crippen molar-refractivity contribution in [3.8, 4) is 0 Å². The van der Waals surface area contributed by atoms with Gasteiger partial charge in [-0.2, -0.15) is 0 Å². The van der Waals surface area contributed by atoms with E-state index in [2.05, 4.69) is 18.7 Å². The molecular formula is C11H19N3O. The summed E-state index contributed by atoms with van der Waals surface area (Å²) >= 11 is 0. The van der Waals surface area contributed by atoms with Gasteiger partial charge in [0.1, 0.15) is 0 Å². The Morgan fingerprint density at radius 1 is 1.27 bits per heavy atom. The number of anilines is 3. The van der Waals surface area contributed by atoms with Crippen molar-refractivity contribution in [2.45, 2.75) is 19.9 Å². The van der Waals surface area contributed by atoms with Crippen LogP contribution >= 0.6 is 0 Å². The predicted molar refractivity (Wildman–Crippen MR) is 64.8 cm³/mol. The van der Waals surface area contributed by atoms with Crippen LogP contribution in [0.15, 0.2) is 18.2 Å². The highest BCUT2D eigenvalue weighted by Crippen LogP contribution is 2.24. The van der Waals surface area contributed by atoms with E-state index in [1.807, 2.05) is 12.1 Å². The number of benzene rings is 1. The standard InChI is InChI=1S/C11H19N3O/c1-8(2)14(5-6-15)9-3-4-10(12)11(13)7-9/h3-4,7-8,15H,5-6,12-13H2,1-2H3. The molecule has 4 nitrogen and oxygen atoms in total. The largest absolute Gasteiger partial charge is 0.397 e. The molecule has 0 heterocycles. The number of rotatable bonds is 4. The van der Waals surface area contributed by atoms with Gasteiger partial charge in [0.05, 0.1) is 18.0 Å². The van der Waals surface area contributed by atoms with Crippen molar-refractivity contribution < 1.29 is 5.11 Å². The van der Waals surface area contributed by atoms with Crippen molar-refractivity contribution in [1.82, 2.24) is 0 Å². The van der Waals surface area contributed by atoms with Crippen LogP contribution in [0.4, 0.5) is 17.1 Å². The molecule has 0 atom stereocenters. The molecule has 0 unspecified atom stereocenters. The molecule has 0 aromatic heterocycles. The van der Waals surface area contributed by atoms with Gasteiger partial charge in [-0.1, -0.05) is 0 Å². The van der Waals surface area contributed by atoms with E-state index in [-0.39, 0.29) is 6.61 Å². The Bertz CT molecular complexity index is 326. The van der Waals surface area contributed by atoms with Crippen molar-refractivity contribution in [3.05, 3.63) is 18.2 Å². The number of nitrogens with two attached hydrogens (primary N) is 2. The summed E-state index contributed by atoms with van der Waals surface area (Å²) in [5.74, 6) is 0. The van der Waals surface area contributed by atoms with Crippen LogP contribution in [0.25, 0.3) is 0 Å². The van der Waals surface area contributed by atoms with Crippen LogP contribution in [0.1, 0.15) is 13.8 Å². The molecule has 0 aliphatic carbocycles. The number of nitrogens with zero attached hydrogens (tertiary/aromatic N) is 1. The van der Waals surface area contributed by atoms with Crippen LogP contribution in [-0.4, -0.2) is 24.3 Å². The molecule has 4 heteroatoms. The zero-order valence-electron chi connectivity index (χ0n) is 9.27. The maximum Gasteiger partial charge on any atom is 0.0606 e. The van der Waals surface area contributed by atoms with Crippen LogP contribution in [0.5, 0.6) is 0 Å². The van der Waals surface area contributed by atoms with Gasteiger partial charge in [-0.25, -0.2) is 0 Å². The molecule has 0 fully saturated rings. The monoisotopic (exact) mass is 209 g/mol. The Hall–Kier alpha value is -1.42. The summed E-state index contributed by atoms with van der Waals surface area (Å²) in [6.45, 7) is 4.87. The van der Waals surface area contributed by atoms with Crippen molar-refractivity contribution >= 4 is 17.1 Å². The maximum atomic E-state index is 8.97. The number of hydrogen-bond acceptors (Lipinski definition) is 4. The number of hydrogen-bond donors (Lipinski definition) is 3. The van der Waals surface area contributed by atoms with Crippen molar-refractivity contribution in [1.29, 1.82) is 0 Å². The van der Waals surface area contributed by atoms with E-state index in [1.165, 1.54) is 0 Å². The first-order valence-electron chi connectivity index (χ1n) is 5.08. The Balaban J connectivity index is 2.95. The van der Waals surface area contributed by atoms with Gasteiger partial charge in [0.15, 0.2) is 0 Å². The Morgan fingerprint density at radius 3 is 2.40 bits per heavy atom. The lowest BCUT2D eigenvalue weighted by Crippen LogP contribution is -2.33. The fraction of sp³-hybridized carbons (Fsp3) is 0.455. The molecular weight excluding hydrogens is 190 g/mol. The minimum absolute atomic E-state index is 0.127. The highest BCUT2D eigenvalue weighted by Gasteiger charge is 2.10. The topological polar surface area (TPSA) is 75.5 Å². The molecule has 0 bridgehead atoms. The SMILES string of the molecule is CC(C)N(CCO)c1ccc(N)c(N)c1. The second-order valence-electron chi connectivity index (χ2n) is 3.82. The zero-order valence-corrected chi connectivity index (χ0v) is 9.27. The average Bonchev–Trinajstić information content (AvgIpc) is 2.18. The molecule has 84 valence electrons. The third-order valence-electron chi connectivity index (χ3n) is 2.37. The van der Waals surface area contributed by atoms with Gasteiger partial charge >= 0.3 is 0 Å². The van der Waals surface area contributed by atoms with Crippen LogP contribution < -0.4 is 16.4 Å². The Morgan fingerprint density at radius 2 is 1.93 bits per heavy atom. The lowest BCUT2D eigenvalue weighted by molar-refractivity contribution is 0.299. The second-order valence-corrected chi connectivity index (χ2v) is 3.82. The lowest BCUT2D eigenvalue weighted by Gasteiger charge is -2.28. The van der Waals surface area contributed by atoms with Gasteiger partial charge < -0.3 is 21.5 Å². The minimum atomic E-state index is 0.127. The molecule has 0 amide bonds. The lowest BCUT2D eigenvalue weighted by atomic mass is 10.2. The number of aliphatic hydroxyl groups is 1. The number of nitrogen functional groups attached to an aromatic ring is 2. The molecule has 5 N–H and O–H groups in total. The highest BCUT2D eigenvalue weighted by molar-refractivity contribution is 5.70. The summed E-state index contributed by atoms with van der Waals surface area (Å²) in [6, 6.07) is 5.87.